The fourth-order valence-electron chi connectivity index (χ4n) is 2.15. The van der Waals surface area contributed by atoms with E-state index in [-0.39, 0.29) is 30.3 Å². The van der Waals surface area contributed by atoms with Crippen LogP contribution in [-0.4, -0.2) is 28.8 Å². The van der Waals surface area contributed by atoms with Crippen LogP contribution in [0.5, 0.6) is 0 Å². The van der Waals surface area contributed by atoms with Crippen molar-refractivity contribution < 1.29 is 9.59 Å². The molecule has 1 aliphatic heterocycles. The van der Waals surface area contributed by atoms with Crippen molar-refractivity contribution in [3.05, 3.63) is 21.9 Å². The topological polar surface area (TPSA) is 49.4 Å². The number of nitrogens with zero attached hydrogens (tertiary/aromatic N) is 1. The number of nitrogens with one attached hydrogen (secondary N) is 1. The van der Waals surface area contributed by atoms with E-state index in [9.17, 15) is 9.59 Å². The normalized spacial score (nSPS) is 20.2. The lowest BCUT2D eigenvalue weighted by Gasteiger charge is -2.19. The molecule has 4 nitrogen and oxygen atoms in total. The van der Waals surface area contributed by atoms with Crippen LogP contribution in [0.3, 0.4) is 0 Å². The van der Waals surface area contributed by atoms with E-state index in [1.54, 1.807) is 11.3 Å². The molecule has 1 fully saturated rings. The third kappa shape index (κ3) is 2.47. The zero-order valence-corrected chi connectivity index (χ0v) is 11.7. The Bertz CT molecular complexity index is 467. The Morgan fingerprint density at radius 3 is 2.72 bits per heavy atom. The molecule has 2 rings (SSSR count). The van der Waals surface area contributed by atoms with Crippen LogP contribution < -0.4 is 5.32 Å². The van der Waals surface area contributed by atoms with Crippen molar-refractivity contribution in [1.29, 1.82) is 0 Å². The van der Waals surface area contributed by atoms with Crippen molar-refractivity contribution in [2.75, 3.05) is 0 Å². The van der Waals surface area contributed by atoms with Crippen LogP contribution in [0.4, 0.5) is 0 Å². The molecule has 0 radical (unpaired) electrons. The van der Waals surface area contributed by atoms with E-state index in [2.05, 4.69) is 18.3 Å². The fourth-order valence-corrected chi connectivity index (χ4v) is 3.01. The summed E-state index contributed by atoms with van der Waals surface area (Å²) >= 11 is 1.67. The summed E-state index contributed by atoms with van der Waals surface area (Å²) in [7, 11) is 0. The first-order valence-electron chi connectivity index (χ1n) is 6.13. The van der Waals surface area contributed by atoms with Gasteiger partial charge in [0.15, 0.2) is 0 Å². The summed E-state index contributed by atoms with van der Waals surface area (Å²) in [6.07, 6.45) is 0.279. The van der Waals surface area contributed by atoms with Gasteiger partial charge in [0.05, 0.1) is 12.5 Å². The van der Waals surface area contributed by atoms with E-state index in [1.165, 1.54) is 15.3 Å². The van der Waals surface area contributed by atoms with Crippen molar-refractivity contribution >= 4 is 23.2 Å². The van der Waals surface area contributed by atoms with Gasteiger partial charge in [-0.2, -0.15) is 0 Å². The molecule has 0 aromatic carbocycles. The van der Waals surface area contributed by atoms with Crippen LogP contribution in [0.2, 0.25) is 0 Å². The van der Waals surface area contributed by atoms with Gasteiger partial charge < -0.3 is 5.32 Å². The molecule has 1 aliphatic rings. The molecular weight excluding hydrogens is 248 g/mol. The molecule has 0 bridgehead atoms. The van der Waals surface area contributed by atoms with Crippen LogP contribution >= 0.6 is 11.3 Å². The van der Waals surface area contributed by atoms with E-state index >= 15 is 0 Å². The molecule has 1 saturated heterocycles. The number of aryl methyl sites for hydroxylation is 1. The maximum atomic E-state index is 12.0. The van der Waals surface area contributed by atoms with Crippen molar-refractivity contribution in [2.45, 2.75) is 45.8 Å². The Balaban J connectivity index is 1.98. The van der Waals surface area contributed by atoms with Gasteiger partial charge in [0, 0.05) is 17.5 Å². The zero-order valence-electron chi connectivity index (χ0n) is 10.9. The second-order valence-corrected chi connectivity index (χ2v) is 5.86. The summed E-state index contributed by atoms with van der Waals surface area (Å²) in [5.74, 6) is -0.167. The maximum absolute atomic E-state index is 12.0. The van der Waals surface area contributed by atoms with E-state index in [0.29, 0.717) is 6.54 Å². The number of rotatable bonds is 4. The van der Waals surface area contributed by atoms with Gasteiger partial charge in [0.25, 0.3) is 0 Å². The molecular formula is C13H18N2O2S. The van der Waals surface area contributed by atoms with Gasteiger partial charge in [0.1, 0.15) is 0 Å². The number of hydrogen-bond donors (Lipinski definition) is 1. The highest BCUT2D eigenvalue weighted by atomic mass is 32.1. The minimum absolute atomic E-state index is 0.0553. The molecule has 1 unspecified atom stereocenters. The zero-order chi connectivity index (χ0) is 13.3. The van der Waals surface area contributed by atoms with Crippen molar-refractivity contribution in [3.8, 4) is 0 Å². The number of imide groups is 1. The van der Waals surface area contributed by atoms with E-state index < -0.39 is 0 Å². The van der Waals surface area contributed by atoms with Crippen molar-refractivity contribution in [3.63, 3.8) is 0 Å². The lowest BCUT2D eigenvalue weighted by molar-refractivity contribution is -0.140. The lowest BCUT2D eigenvalue weighted by atomic mass is 10.2. The molecule has 2 heterocycles. The molecule has 1 aromatic rings. The predicted octanol–water partition coefficient (Wildman–Crippen LogP) is 1.68. The van der Waals surface area contributed by atoms with Crippen LogP contribution in [0.1, 0.15) is 30.7 Å². The highest BCUT2D eigenvalue weighted by molar-refractivity contribution is 7.10. The average Bonchev–Trinajstić information content (AvgIpc) is 2.80. The van der Waals surface area contributed by atoms with Gasteiger partial charge in [-0.3, -0.25) is 14.5 Å². The van der Waals surface area contributed by atoms with Gasteiger partial charge in [-0.25, -0.2) is 0 Å². The van der Waals surface area contributed by atoms with Crippen LogP contribution in [0.25, 0.3) is 0 Å². The summed E-state index contributed by atoms with van der Waals surface area (Å²) in [4.78, 5) is 26.4. The molecule has 1 N–H and O–H groups in total. The van der Waals surface area contributed by atoms with Crippen molar-refractivity contribution in [1.82, 2.24) is 10.2 Å². The number of amides is 2. The monoisotopic (exact) mass is 266 g/mol. The van der Waals surface area contributed by atoms with Crippen LogP contribution in [0.15, 0.2) is 11.4 Å². The maximum Gasteiger partial charge on any atom is 0.247 e. The Hall–Kier alpha value is -1.20. The van der Waals surface area contributed by atoms with E-state index in [0.717, 1.165) is 0 Å². The molecule has 98 valence electrons. The highest BCUT2D eigenvalue weighted by Gasteiger charge is 2.39. The molecule has 0 aliphatic carbocycles. The van der Waals surface area contributed by atoms with Crippen LogP contribution in [-0.2, 0) is 16.1 Å². The second-order valence-electron chi connectivity index (χ2n) is 4.86. The molecule has 2 amide bonds. The SMILES string of the molecule is Cc1ccsc1CNC1CC(=O)N(C(C)C)C1=O. The minimum Gasteiger partial charge on any atom is -0.300 e. The molecule has 18 heavy (non-hydrogen) atoms. The highest BCUT2D eigenvalue weighted by Crippen LogP contribution is 2.19. The smallest absolute Gasteiger partial charge is 0.247 e. The Labute approximate surface area is 111 Å². The first-order valence-corrected chi connectivity index (χ1v) is 7.01. The summed E-state index contributed by atoms with van der Waals surface area (Å²) in [5.41, 5.74) is 1.23. The number of carbonyl (C=O) groups is 2. The third-order valence-corrected chi connectivity index (χ3v) is 4.20. The van der Waals surface area contributed by atoms with Crippen LogP contribution in [0, 0.1) is 6.92 Å². The Morgan fingerprint density at radius 1 is 1.50 bits per heavy atom. The Kier molecular flexibility index (Phi) is 3.82. The fraction of sp³-hybridized carbons (Fsp3) is 0.538. The van der Waals surface area contributed by atoms with Gasteiger partial charge in [-0.05, 0) is 37.8 Å². The molecule has 1 aromatic heterocycles. The minimum atomic E-state index is -0.360. The molecule has 0 spiro atoms. The second kappa shape index (κ2) is 5.20. The van der Waals surface area contributed by atoms with E-state index in [1.807, 2.05) is 19.2 Å². The predicted molar refractivity (Wildman–Crippen MR) is 71.3 cm³/mol. The number of thiophene rings is 1. The van der Waals surface area contributed by atoms with Crippen molar-refractivity contribution in [2.24, 2.45) is 0 Å². The number of carbonyl (C=O) groups excluding carboxylic acids is 2. The average molecular weight is 266 g/mol. The van der Waals surface area contributed by atoms with E-state index in [4.69, 9.17) is 0 Å². The number of likely N-dealkylation sites (tertiary alicyclic amines) is 1. The lowest BCUT2D eigenvalue weighted by Crippen LogP contribution is -2.41. The number of hydrogen-bond acceptors (Lipinski definition) is 4. The standard InChI is InChI=1S/C13H18N2O2S/c1-8(2)15-12(16)6-10(13(15)17)14-7-11-9(3)4-5-18-11/h4-5,8,10,14H,6-7H2,1-3H3. The van der Waals surface area contributed by atoms with Gasteiger partial charge in [0.2, 0.25) is 11.8 Å². The summed E-state index contributed by atoms with van der Waals surface area (Å²) in [5, 5.41) is 5.22. The summed E-state index contributed by atoms with van der Waals surface area (Å²) in [6, 6.07) is 1.64. The van der Waals surface area contributed by atoms with Gasteiger partial charge in [-0.15, -0.1) is 11.3 Å². The first kappa shape index (κ1) is 13.2. The van der Waals surface area contributed by atoms with Gasteiger partial charge >= 0.3 is 0 Å². The third-order valence-electron chi connectivity index (χ3n) is 3.18. The largest absolute Gasteiger partial charge is 0.300 e. The molecule has 5 heteroatoms. The first-order chi connectivity index (χ1) is 8.50. The Morgan fingerprint density at radius 2 is 2.22 bits per heavy atom. The molecule has 0 saturated carbocycles. The van der Waals surface area contributed by atoms with Gasteiger partial charge in [-0.1, -0.05) is 0 Å². The quantitative estimate of drug-likeness (QED) is 0.844. The summed E-state index contributed by atoms with van der Waals surface area (Å²) < 4.78 is 0. The molecule has 1 atom stereocenters. The summed E-state index contributed by atoms with van der Waals surface area (Å²) in [6.45, 7) is 6.43.